The molecule has 3 atom stereocenters. The van der Waals surface area contributed by atoms with E-state index in [1.165, 1.54) is 19.2 Å². The molecule has 0 bridgehead atoms. The molecular weight excluding hydrogens is 375 g/mol. The van der Waals surface area contributed by atoms with Gasteiger partial charge in [0.25, 0.3) is 5.91 Å². The van der Waals surface area contributed by atoms with Gasteiger partial charge in [0.2, 0.25) is 5.91 Å². The summed E-state index contributed by atoms with van der Waals surface area (Å²) in [6, 6.07) is 12.8. The van der Waals surface area contributed by atoms with Crippen LogP contribution in [0.2, 0.25) is 0 Å². The third-order valence-electron chi connectivity index (χ3n) is 5.74. The van der Waals surface area contributed by atoms with Gasteiger partial charge in [0, 0.05) is 24.6 Å². The van der Waals surface area contributed by atoms with Crippen LogP contribution in [0.5, 0.6) is 0 Å². The number of rotatable bonds is 4. The van der Waals surface area contributed by atoms with Crippen molar-refractivity contribution >= 4 is 17.8 Å². The maximum absolute atomic E-state index is 13.3. The zero-order valence-electron chi connectivity index (χ0n) is 15.9. The molecule has 0 radical (unpaired) electrons. The fourth-order valence-electron chi connectivity index (χ4n) is 4.23. The van der Waals surface area contributed by atoms with Crippen LogP contribution >= 0.6 is 0 Å². The zero-order valence-corrected chi connectivity index (χ0v) is 15.9. The number of nitrogens with one attached hydrogen (secondary N) is 1. The van der Waals surface area contributed by atoms with Crippen molar-refractivity contribution in [1.29, 1.82) is 0 Å². The molecule has 7 heteroatoms. The second-order valence-electron chi connectivity index (χ2n) is 7.40. The molecule has 2 aromatic carbocycles. The number of carbonyl (C=O) groups is 3. The van der Waals surface area contributed by atoms with Gasteiger partial charge >= 0.3 is 5.97 Å². The van der Waals surface area contributed by atoms with Gasteiger partial charge < -0.3 is 15.0 Å². The summed E-state index contributed by atoms with van der Waals surface area (Å²) in [5.74, 6) is -1.86. The average molecular weight is 396 g/mol. The van der Waals surface area contributed by atoms with E-state index in [0.717, 1.165) is 11.1 Å². The lowest BCUT2D eigenvalue weighted by atomic mass is 9.89. The molecule has 29 heavy (non-hydrogen) atoms. The number of nitrogens with zero attached hydrogens (tertiary/aromatic N) is 1. The van der Waals surface area contributed by atoms with Crippen molar-refractivity contribution in [3.63, 3.8) is 0 Å². The summed E-state index contributed by atoms with van der Waals surface area (Å²) in [5.41, 5.74) is 2.18. The molecular formula is C22H21FN2O4. The molecule has 1 N–H and O–H groups in total. The minimum absolute atomic E-state index is 0.118. The van der Waals surface area contributed by atoms with Gasteiger partial charge in [-0.05, 0) is 29.3 Å². The molecule has 2 amide bonds. The molecule has 2 aromatic rings. The Balaban J connectivity index is 1.51. The highest BCUT2D eigenvalue weighted by Crippen LogP contribution is 2.35. The van der Waals surface area contributed by atoms with Gasteiger partial charge in [-0.2, -0.15) is 0 Å². The second kappa shape index (κ2) is 7.66. The summed E-state index contributed by atoms with van der Waals surface area (Å²) in [6.45, 7) is 0.572. The molecule has 4 rings (SSSR count). The number of esters is 1. The fourth-order valence-corrected chi connectivity index (χ4v) is 4.23. The molecule has 150 valence electrons. The summed E-state index contributed by atoms with van der Waals surface area (Å²) in [7, 11) is 1.32. The Morgan fingerprint density at radius 1 is 1.14 bits per heavy atom. The fraction of sp³-hybridized carbons (Fsp3) is 0.318. The van der Waals surface area contributed by atoms with Gasteiger partial charge in [0.05, 0.1) is 25.5 Å². The topological polar surface area (TPSA) is 75.7 Å². The van der Waals surface area contributed by atoms with Crippen LogP contribution in [0.1, 0.15) is 39.9 Å². The Hall–Kier alpha value is -3.22. The minimum Gasteiger partial charge on any atom is -0.469 e. The molecule has 0 aromatic heterocycles. The molecule has 2 heterocycles. The predicted molar refractivity (Wildman–Crippen MR) is 102 cm³/mol. The van der Waals surface area contributed by atoms with Crippen molar-refractivity contribution in [3.8, 4) is 0 Å². The monoisotopic (exact) mass is 396 g/mol. The molecule has 0 aliphatic carbocycles. The maximum atomic E-state index is 13.3. The Bertz CT molecular complexity index is 960. The second-order valence-corrected chi connectivity index (χ2v) is 7.40. The van der Waals surface area contributed by atoms with E-state index in [4.69, 9.17) is 4.74 Å². The van der Waals surface area contributed by atoms with Gasteiger partial charge in [0.1, 0.15) is 5.82 Å². The normalized spacial score (nSPS) is 22.9. The number of halogens is 1. The highest BCUT2D eigenvalue weighted by Gasteiger charge is 2.42. The molecule has 0 unspecified atom stereocenters. The van der Waals surface area contributed by atoms with Crippen LogP contribution in [0.25, 0.3) is 0 Å². The van der Waals surface area contributed by atoms with Crippen molar-refractivity contribution in [2.45, 2.75) is 18.4 Å². The Labute approximate surface area is 167 Å². The first-order chi connectivity index (χ1) is 14.0. The summed E-state index contributed by atoms with van der Waals surface area (Å²) < 4.78 is 18.2. The van der Waals surface area contributed by atoms with Crippen LogP contribution in [-0.4, -0.2) is 42.9 Å². The Morgan fingerprint density at radius 2 is 1.86 bits per heavy atom. The smallest absolute Gasteiger partial charge is 0.311 e. The van der Waals surface area contributed by atoms with Gasteiger partial charge in [-0.1, -0.05) is 30.3 Å². The van der Waals surface area contributed by atoms with E-state index < -0.39 is 11.9 Å². The van der Waals surface area contributed by atoms with Crippen LogP contribution in [0, 0.1) is 11.7 Å². The Morgan fingerprint density at radius 3 is 2.59 bits per heavy atom. The third-order valence-corrected chi connectivity index (χ3v) is 5.74. The van der Waals surface area contributed by atoms with E-state index in [1.54, 1.807) is 29.2 Å². The van der Waals surface area contributed by atoms with Gasteiger partial charge in [-0.15, -0.1) is 0 Å². The first-order valence-electron chi connectivity index (χ1n) is 9.48. The van der Waals surface area contributed by atoms with Crippen LogP contribution in [0.4, 0.5) is 4.39 Å². The lowest BCUT2D eigenvalue weighted by Gasteiger charge is -2.19. The lowest BCUT2D eigenvalue weighted by Crippen LogP contribution is -2.33. The van der Waals surface area contributed by atoms with Gasteiger partial charge in [0.15, 0.2) is 0 Å². The van der Waals surface area contributed by atoms with Crippen molar-refractivity contribution in [1.82, 2.24) is 10.2 Å². The SMILES string of the molecule is COC(=O)[C@H]1CN(C(=O)C[C@H]2NC(=O)c3ccccc32)C[C@@H]1c1ccc(F)cc1. The first-order valence-corrected chi connectivity index (χ1v) is 9.48. The van der Waals surface area contributed by atoms with Crippen molar-refractivity contribution in [2.75, 3.05) is 20.2 Å². The number of likely N-dealkylation sites (tertiary alicyclic amines) is 1. The Kier molecular flexibility index (Phi) is 5.05. The quantitative estimate of drug-likeness (QED) is 0.806. The predicted octanol–water partition coefficient (Wildman–Crippen LogP) is 2.42. The van der Waals surface area contributed by atoms with Crippen LogP contribution in [0.3, 0.4) is 0 Å². The van der Waals surface area contributed by atoms with Crippen molar-refractivity contribution in [2.24, 2.45) is 5.92 Å². The number of amides is 2. The molecule has 0 saturated carbocycles. The van der Waals surface area contributed by atoms with E-state index in [0.29, 0.717) is 12.1 Å². The number of fused-ring (bicyclic) bond motifs is 1. The van der Waals surface area contributed by atoms with Gasteiger partial charge in [-0.25, -0.2) is 4.39 Å². The van der Waals surface area contributed by atoms with Crippen molar-refractivity contribution < 1.29 is 23.5 Å². The number of carbonyl (C=O) groups excluding carboxylic acids is 3. The number of hydrogen-bond acceptors (Lipinski definition) is 4. The van der Waals surface area contributed by atoms with Gasteiger partial charge in [-0.3, -0.25) is 14.4 Å². The molecule has 6 nitrogen and oxygen atoms in total. The van der Waals surface area contributed by atoms with Crippen LogP contribution in [-0.2, 0) is 14.3 Å². The lowest BCUT2D eigenvalue weighted by molar-refractivity contribution is -0.145. The number of hydrogen-bond donors (Lipinski definition) is 1. The van der Waals surface area contributed by atoms with E-state index >= 15 is 0 Å². The summed E-state index contributed by atoms with van der Waals surface area (Å²) in [4.78, 5) is 39.0. The number of methoxy groups -OCH3 is 1. The van der Waals surface area contributed by atoms with E-state index in [-0.39, 0.29) is 42.6 Å². The molecule has 1 saturated heterocycles. The zero-order chi connectivity index (χ0) is 20.5. The third kappa shape index (κ3) is 3.60. The number of ether oxygens (including phenoxy) is 1. The molecule has 2 aliphatic heterocycles. The minimum atomic E-state index is -0.514. The molecule has 2 aliphatic rings. The summed E-state index contributed by atoms with van der Waals surface area (Å²) in [6.07, 6.45) is 0.118. The molecule has 0 spiro atoms. The standard InChI is InChI=1S/C22H21FN2O4/c1-29-22(28)18-12-25(11-17(18)13-6-8-14(23)9-7-13)20(26)10-19-15-4-2-3-5-16(15)21(27)24-19/h2-9,17-19H,10-12H2,1H3,(H,24,27)/t17-,18+,19-/m1/s1. The van der Waals surface area contributed by atoms with Crippen molar-refractivity contribution in [3.05, 3.63) is 71.0 Å². The number of benzene rings is 2. The van der Waals surface area contributed by atoms with E-state index in [1.807, 2.05) is 12.1 Å². The highest BCUT2D eigenvalue weighted by atomic mass is 19.1. The molecule has 1 fully saturated rings. The maximum Gasteiger partial charge on any atom is 0.311 e. The summed E-state index contributed by atoms with van der Waals surface area (Å²) >= 11 is 0. The highest BCUT2D eigenvalue weighted by molar-refractivity contribution is 5.99. The average Bonchev–Trinajstić information content (AvgIpc) is 3.31. The largest absolute Gasteiger partial charge is 0.469 e. The van der Waals surface area contributed by atoms with Crippen LogP contribution in [0.15, 0.2) is 48.5 Å². The van der Waals surface area contributed by atoms with E-state index in [9.17, 15) is 18.8 Å². The first kappa shape index (κ1) is 19.1. The van der Waals surface area contributed by atoms with E-state index in [2.05, 4.69) is 5.32 Å². The van der Waals surface area contributed by atoms with Crippen LogP contribution < -0.4 is 5.32 Å². The summed E-state index contributed by atoms with van der Waals surface area (Å²) in [5, 5.41) is 2.85.